The van der Waals surface area contributed by atoms with E-state index < -0.39 is 0 Å². The molecule has 1 aromatic heterocycles. The number of anilines is 2. The zero-order valence-corrected chi connectivity index (χ0v) is 16.9. The molecule has 3 rings (SSSR count). The van der Waals surface area contributed by atoms with E-state index in [1.807, 2.05) is 48.5 Å². The fourth-order valence-corrected chi connectivity index (χ4v) is 2.81. The lowest BCUT2D eigenvalue weighted by molar-refractivity contribution is 0.102. The van der Waals surface area contributed by atoms with Crippen LogP contribution in [0.4, 0.5) is 11.6 Å². The zero-order valence-electron chi connectivity index (χ0n) is 16.2. The molecule has 0 atom stereocenters. The number of carbonyl (C=O) groups excluding carboxylic acids is 1. The molecule has 2 N–H and O–H groups in total. The fourth-order valence-electron chi connectivity index (χ4n) is 2.61. The molecule has 3 aromatic rings. The summed E-state index contributed by atoms with van der Waals surface area (Å²) in [6, 6.07) is 15.4. The first-order valence-corrected chi connectivity index (χ1v) is 9.42. The molecule has 0 fully saturated rings. The summed E-state index contributed by atoms with van der Waals surface area (Å²) in [5.74, 6) is 0.187. The van der Waals surface area contributed by atoms with Crippen LogP contribution in [0, 0.1) is 0 Å². The molecular formula is C22H23ClN4O. The lowest BCUT2D eigenvalue weighted by atomic mass is 9.87. The van der Waals surface area contributed by atoms with Crippen LogP contribution in [-0.2, 0) is 12.0 Å². The third-order valence-corrected chi connectivity index (χ3v) is 4.69. The SMILES string of the molecule is CC(C)(C)c1ccc(NC(=O)c2cnc(NCc3ccccc3Cl)nc2)cc1. The molecule has 144 valence electrons. The van der Waals surface area contributed by atoms with Gasteiger partial charge in [0.1, 0.15) is 0 Å². The van der Waals surface area contributed by atoms with Crippen LogP contribution in [0.25, 0.3) is 0 Å². The maximum Gasteiger partial charge on any atom is 0.258 e. The second kappa shape index (κ2) is 8.40. The quantitative estimate of drug-likeness (QED) is 0.616. The van der Waals surface area contributed by atoms with E-state index in [9.17, 15) is 4.79 Å². The van der Waals surface area contributed by atoms with Crippen molar-refractivity contribution in [1.82, 2.24) is 9.97 Å². The molecule has 5 nitrogen and oxygen atoms in total. The Hall–Kier alpha value is -2.92. The van der Waals surface area contributed by atoms with Crippen molar-refractivity contribution in [1.29, 1.82) is 0 Å². The topological polar surface area (TPSA) is 66.9 Å². The average Bonchev–Trinajstić information content (AvgIpc) is 2.67. The largest absolute Gasteiger partial charge is 0.350 e. The van der Waals surface area contributed by atoms with Gasteiger partial charge in [-0.1, -0.05) is 62.7 Å². The van der Waals surface area contributed by atoms with Gasteiger partial charge < -0.3 is 10.6 Å². The van der Waals surface area contributed by atoms with E-state index in [2.05, 4.69) is 41.4 Å². The van der Waals surface area contributed by atoms with Crippen LogP contribution >= 0.6 is 11.6 Å². The van der Waals surface area contributed by atoms with Crippen LogP contribution in [0.1, 0.15) is 42.3 Å². The van der Waals surface area contributed by atoms with Crippen molar-refractivity contribution in [2.45, 2.75) is 32.7 Å². The lowest BCUT2D eigenvalue weighted by Gasteiger charge is -2.19. The summed E-state index contributed by atoms with van der Waals surface area (Å²) in [7, 11) is 0. The third-order valence-electron chi connectivity index (χ3n) is 4.32. The first kappa shape index (κ1) is 19.8. The minimum Gasteiger partial charge on any atom is -0.350 e. The van der Waals surface area contributed by atoms with E-state index in [1.165, 1.54) is 18.0 Å². The highest BCUT2D eigenvalue weighted by Crippen LogP contribution is 2.23. The molecule has 28 heavy (non-hydrogen) atoms. The number of hydrogen-bond donors (Lipinski definition) is 2. The Morgan fingerprint density at radius 1 is 1.00 bits per heavy atom. The normalized spacial score (nSPS) is 11.1. The Labute approximate surface area is 170 Å². The van der Waals surface area contributed by atoms with Crippen LogP contribution in [-0.4, -0.2) is 15.9 Å². The molecule has 0 bridgehead atoms. The molecule has 0 unspecified atom stereocenters. The van der Waals surface area contributed by atoms with E-state index in [1.54, 1.807) is 0 Å². The summed E-state index contributed by atoms with van der Waals surface area (Å²) >= 11 is 6.14. The smallest absolute Gasteiger partial charge is 0.258 e. The van der Waals surface area contributed by atoms with Crippen LogP contribution in [0.2, 0.25) is 5.02 Å². The van der Waals surface area contributed by atoms with Gasteiger partial charge in [-0.2, -0.15) is 0 Å². The predicted octanol–water partition coefficient (Wildman–Crippen LogP) is 5.29. The van der Waals surface area contributed by atoms with Crippen LogP contribution < -0.4 is 10.6 Å². The number of aromatic nitrogens is 2. The number of rotatable bonds is 5. The van der Waals surface area contributed by atoms with Gasteiger partial charge in [0.05, 0.1) is 5.56 Å². The highest BCUT2D eigenvalue weighted by molar-refractivity contribution is 6.31. The Bertz CT molecular complexity index is 948. The summed E-state index contributed by atoms with van der Waals surface area (Å²) in [5, 5.41) is 6.65. The van der Waals surface area contributed by atoms with Crippen LogP contribution in [0.3, 0.4) is 0 Å². The van der Waals surface area contributed by atoms with Crippen molar-refractivity contribution < 1.29 is 4.79 Å². The monoisotopic (exact) mass is 394 g/mol. The van der Waals surface area contributed by atoms with Crippen molar-refractivity contribution in [3.05, 3.63) is 82.6 Å². The average molecular weight is 395 g/mol. The maximum atomic E-state index is 12.4. The van der Waals surface area contributed by atoms with E-state index in [-0.39, 0.29) is 11.3 Å². The molecule has 2 aromatic carbocycles. The molecule has 1 amide bonds. The second-order valence-corrected chi connectivity index (χ2v) is 7.93. The maximum absolute atomic E-state index is 12.4. The Kier molecular flexibility index (Phi) is 5.95. The van der Waals surface area contributed by atoms with Gasteiger partial charge in [-0.15, -0.1) is 0 Å². The minimum atomic E-state index is -0.249. The molecule has 0 spiro atoms. The van der Waals surface area contributed by atoms with Crippen molar-refractivity contribution in [2.24, 2.45) is 0 Å². The Morgan fingerprint density at radius 2 is 1.64 bits per heavy atom. The Morgan fingerprint density at radius 3 is 2.25 bits per heavy atom. The van der Waals surface area contributed by atoms with Gasteiger partial charge in [-0.25, -0.2) is 9.97 Å². The van der Waals surface area contributed by atoms with Gasteiger partial charge in [-0.3, -0.25) is 4.79 Å². The summed E-state index contributed by atoms with van der Waals surface area (Å²) in [5.41, 5.74) is 3.36. The third kappa shape index (κ3) is 5.08. The molecular weight excluding hydrogens is 372 g/mol. The minimum absolute atomic E-state index is 0.0726. The number of carbonyl (C=O) groups is 1. The molecule has 0 saturated heterocycles. The number of amides is 1. The number of benzene rings is 2. The van der Waals surface area contributed by atoms with E-state index in [0.717, 1.165) is 11.3 Å². The summed E-state index contributed by atoms with van der Waals surface area (Å²) < 4.78 is 0. The van der Waals surface area contributed by atoms with Crippen LogP contribution in [0.15, 0.2) is 60.9 Å². The lowest BCUT2D eigenvalue weighted by Crippen LogP contribution is -2.14. The van der Waals surface area contributed by atoms with Gasteiger partial charge in [0.25, 0.3) is 5.91 Å². The second-order valence-electron chi connectivity index (χ2n) is 7.52. The van der Waals surface area contributed by atoms with Gasteiger partial charge in [0.2, 0.25) is 5.95 Å². The molecule has 0 aliphatic rings. The summed E-state index contributed by atoms with van der Waals surface area (Å²) in [6.07, 6.45) is 3.00. The number of hydrogen-bond acceptors (Lipinski definition) is 4. The zero-order chi connectivity index (χ0) is 20.1. The standard InChI is InChI=1S/C22H23ClN4O/c1-22(2,3)17-8-10-18(11-9-17)27-20(28)16-13-25-21(26-14-16)24-12-15-6-4-5-7-19(15)23/h4-11,13-14H,12H2,1-3H3,(H,27,28)(H,24,25,26). The highest BCUT2D eigenvalue weighted by Gasteiger charge is 2.14. The first-order valence-electron chi connectivity index (χ1n) is 9.04. The van der Waals surface area contributed by atoms with Crippen molar-refractivity contribution >= 4 is 29.1 Å². The van der Waals surface area contributed by atoms with Gasteiger partial charge in [-0.05, 0) is 34.7 Å². The van der Waals surface area contributed by atoms with E-state index in [4.69, 9.17) is 11.6 Å². The van der Waals surface area contributed by atoms with E-state index in [0.29, 0.717) is 23.1 Å². The van der Waals surface area contributed by atoms with Crippen molar-refractivity contribution in [3.8, 4) is 0 Å². The first-order chi connectivity index (χ1) is 13.3. The molecule has 6 heteroatoms. The van der Waals surface area contributed by atoms with Gasteiger partial charge in [0, 0.05) is 29.6 Å². The predicted molar refractivity (Wildman–Crippen MR) is 114 cm³/mol. The highest BCUT2D eigenvalue weighted by atomic mass is 35.5. The number of nitrogens with one attached hydrogen (secondary N) is 2. The summed E-state index contributed by atoms with van der Waals surface area (Å²) in [6.45, 7) is 6.96. The molecule has 0 radical (unpaired) electrons. The number of halogens is 1. The summed E-state index contributed by atoms with van der Waals surface area (Å²) in [4.78, 5) is 20.8. The van der Waals surface area contributed by atoms with Crippen LogP contribution in [0.5, 0.6) is 0 Å². The molecule has 0 aliphatic carbocycles. The fraction of sp³-hybridized carbons (Fsp3) is 0.227. The molecule has 0 aliphatic heterocycles. The van der Waals surface area contributed by atoms with E-state index >= 15 is 0 Å². The number of nitrogens with zero attached hydrogens (tertiary/aromatic N) is 2. The van der Waals surface area contributed by atoms with Crippen molar-refractivity contribution in [2.75, 3.05) is 10.6 Å². The molecule has 1 heterocycles. The molecule has 0 saturated carbocycles. The van der Waals surface area contributed by atoms with Gasteiger partial charge >= 0.3 is 0 Å². The van der Waals surface area contributed by atoms with Gasteiger partial charge in [0.15, 0.2) is 0 Å². The van der Waals surface area contributed by atoms with Crippen molar-refractivity contribution in [3.63, 3.8) is 0 Å². The Balaban J connectivity index is 1.60.